The standard InChI is InChI=1S/C10H16O4.C10H18O3S/c1-4-10(2,3)9(12)14-7-5-6-13-8(7)11;1-4-10(2,3)9(11)13-8-7-14-6-5-12-8/h7H,4-6H2,1-3H3;8H,4-7H2,1-3H3. The van der Waals surface area contributed by atoms with Crippen LogP contribution in [0, 0.1) is 10.8 Å². The predicted molar refractivity (Wildman–Crippen MR) is 107 cm³/mol. The number of hydrogen-bond donors (Lipinski definition) is 0. The molecule has 0 aromatic heterocycles. The fraction of sp³-hybridized carbons (Fsp3) is 0.850. The second-order valence-corrected chi connectivity index (χ2v) is 9.26. The lowest BCUT2D eigenvalue weighted by molar-refractivity contribution is -0.183. The van der Waals surface area contributed by atoms with E-state index >= 15 is 0 Å². The van der Waals surface area contributed by atoms with E-state index in [1.807, 2.05) is 27.7 Å². The maximum absolute atomic E-state index is 11.7. The highest BCUT2D eigenvalue weighted by Gasteiger charge is 2.35. The van der Waals surface area contributed by atoms with Gasteiger partial charge in [-0.1, -0.05) is 13.8 Å². The molecule has 2 aliphatic rings. The molecule has 2 rings (SSSR count). The Labute approximate surface area is 172 Å². The lowest BCUT2D eigenvalue weighted by atomic mass is 9.90. The molecule has 0 N–H and O–H groups in total. The molecule has 7 nitrogen and oxygen atoms in total. The van der Waals surface area contributed by atoms with Crippen LogP contribution in [0.3, 0.4) is 0 Å². The van der Waals surface area contributed by atoms with Gasteiger partial charge in [0.2, 0.25) is 12.4 Å². The van der Waals surface area contributed by atoms with Crippen LogP contribution in [0.2, 0.25) is 0 Å². The van der Waals surface area contributed by atoms with E-state index in [-0.39, 0.29) is 18.2 Å². The highest BCUT2D eigenvalue weighted by molar-refractivity contribution is 7.99. The molecule has 2 aliphatic heterocycles. The van der Waals surface area contributed by atoms with Gasteiger partial charge in [0, 0.05) is 12.2 Å². The molecule has 0 amide bonds. The SMILES string of the molecule is CCC(C)(C)C(=O)OC1CCOC1=O.CCC(C)(C)C(=O)OC1CSCCO1. The molecule has 0 radical (unpaired) electrons. The first-order chi connectivity index (χ1) is 13.0. The average molecular weight is 419 g/mol. The van der Waals surface area contributed by atoms with E-state index in [1.165, 1.54) is 0 Å². The maximum atomic E-state index is 11.7. The van der Waals surface area contributed by atoms with Crippen molar-refractivity contribution in [1.29, 1.82) is 0 Å². The second kappa shape index (κ2) is 11.0. The van der Waals surface area contributed by atoms with Gasteiger partial charge >= 0.3 is 17.9 Å². The normalized spacial score (nSPS) is 22.6. The molecule has 0 bridgehead atoms. The minimum atomic E-state index is -0.687. The number of rotatable bonds is 6. The molecule has 2 atom stereocenters. The largest absolute Gasteiger partial charge is 0.463 e. The third-order valence-electron chi connectivity index (χ3n) is 5.03. The van der Waals surface area contributed by atoms with Crippen molar-refractivity contribution in [3.63, 3.8) is 0 Å². The fourth-order valence-corrected chi connectivity index (χ4v) is 2.71. The molecule has 162 valence electrons. The number of ether oxygens (including phenoxy) is 4. The Hall–Kier alpha value is -1.28. The summed E-state index contributed by atoms with van der Waals surface area (Å²) in [4.78, 5) is 34.2. The van der Waals surface area contributed by atoms with Gasteiger partial charge in [0.1, 0.15) is 0 Å². The number of carbonyl (C=O) groups excluding carboxylic acids is 3. The van der Waals surface area contributed by atoms with Crippen molar-refractivity contribution in [2.24, 2.45) is 10.8 Å². The quantitative estimate of drug-likeness (QED) is 0.479. The molecule has 28 heavy (non-hydrogen) atoms. The first kappa shape index (κ1) is 24.8. The summed E-state index contributed by atoms with van der Waals surface area (Å²) < 4.78 is 20.4. The van der Waals surface area contributed by atoms with Crippen molar-refractivity contribution >= 4 is 29.7 Å². The number of thioether (sulfide) groups is 1. The molecule has 8 heteroatoms. The van der Waals surface area contributed by atoms with Gasteiger partial charge in [-0.15, -0.1) is 0 Å². The van der Waals surface area contributed by atoms with Crippen LogP contribution in [0.25, 0.3) is 0 Å². The highest BCUT2D eigenvalue weighted by atomic mass is 32.2. The van der Waals surface area contributed by atoms with Gasteiger partial charge in [0.05, 0.1) is 29.8 Å². The van der Waals surface area contributed by atoms with Crippen molar-refractivity contribution in [2.75, 3.05) is 24.7 Å². The molecular weight excluding hydrogens is 384 g/mol. The first-order valence-corrected chi connectivity index (χ1v) is 11.0. The molecule has 0 saturated carbocycles. The monoisotopic (exact) mass is 418 g/mol. The maximum Gasteiger partial charge on any atom is 0.347 e. The Kier molecular flexibility index (Phi) is 9.77. The molecule has 2 unspecified atom stereocenters. The van der Waals surface area contributed by atoms with E-state index < -0.39 is 22.9 Å². The summed E-state index contributed by atoms with van der Waals surface area (Å²) in [6, 6.07) is 0. The van der Waals surface area contributed by atoms with E-state index in [0.717, 1.165) is 17.9 Å². The zero-order valence-electron chi connectivity index (χ0n) is 17.9. The minimum Gasteiger partial charge on any atom is -0.463 e. The summed E-state index contributed by atoms with van der Waals surface area (Å²) in [6.07, 6.45) is 0.921. The van der Waals surface area contributed by atoms with E-state index in [0.29, 0.717) is 26.1 Å². The summed E-state index contributed by atoms with van der Waals surface area (Å²) in [5, 5.41) is 0. The molecule has 0 aromatic carbocycles. The van der Waals surface area contributed by atoms with E-state index in [4.69, 9.17) is 18.9 Å². The van der Waals surface area contributed by atoms with Crippen LogP contribution in [-0.2, 0) is 33.3 Å². The van der Waals surface area contributed by atoms with Gasteiger partial charge < -0.3 is 18.9 Å². The van der Waals surface area contributed by atoms with Crippen LogP contribution in [0.5, 0.6) is 0 Å². The van der Waals surface area contributed by atoms with Gasteiger partial charge in [0.15, 0.2) is 0 Å². The summed E-state index contributed by atoms with van der Waals surface area (Å²) in [5.74, 6) is 0.832. The lowest BCUT2D eigenvalue weighted by Crippen LogP contribution is -2.34. The number of esters is 3. The Morgan fingerprint density at radius 3 is 2.04 bits per heavy atom. The number of carbonyl (C=O) groups is 3. The molecule has 2 saturated heterocycles. The lowest BCUT2D eigenvalue weighted by Gasteiger charge is -2.27. The smallest absolute Gasteiger partial charge is 0.347 e. The van der Waals surface area contributed by atoms with Gasteiger partial charge in [-0.05, 0) is 40.5 Å². The Bertz CT molecular complexity index is 539. The highest BCUT2D eigenvalue weighted by Crippen LogP contribution is 2.25. The van der Waals surface area contributed by atoms with E-state index in [9.17, 15) is 14.4 Å². The molecule has 0 aliphatic carbocycles. The Morgan fingerprint density at radius 1 is 1.04 bits per heavy atom. The van der Waals surface area contributed by atoms with Crippen molar-refractivity contribution in [1.82, 2.24) is 0 Å². The van der Waals surface area contributed by atoms with Crippen LogP contribution in [0.15, 0.2) is 0 Å². The molecule has 2 heterocycles. The predicted octanol–water partition coefficient (Wildman–Crippen LogP) is 3.34. The van der Waals surface area contributed by atoms with Gasteiger partial charge in [0.25, 0.3) is 0 Å². The van der Waals surface area contributed by atoms with Crippen LogP contribution >= 0.6 is 11.8 Å². The van der Waals surface area contributed by atoms with Crippen LogP contribution in [0.1, 0.15) is 60.8 Å². The minimum absolute atomic E-state index is 0.160. The average Bonchev–Trinajstić information content (AvgIpc) is 3.07. The number of hydrogen-bond acceptors (Lipinski definition) is 8. The molecule has 0 spiro atoms. The van der Waals surface area contributed by atoms with Crippen LogP contribution < -0.4 is 0 Å². The van der Waals surface area contributed by atoms with Crippen LogP contribution in [-0.4, -0.2) is 55.0 Å². The molecule has 2 fully saturated rings. The van der Waals surface area contributed by atoms with Gasteiger partial charge in [-0.2, -0.15) is 11.8 Å². The van der Waals surface area contributed by atoms with Gasteiger partial charge in [-0.25, -0.2) is 4.79 Å². The van der Waals surface area contributed by atoms with Gasteiger partial charge in [-0.3, -0.25) is 9.59 Å². The van der Waals surface area contributed by atoms with Crippen molar-refractivity contribution in [3.8, 4) is 0 Å². The van der Waals surface area contributed by atoms with Crippen molar-refractivity contribution < 1.29 is 33.3 Å². The Morgan fingerprint density at radius 2 is 1.61 bits per heavy atom. The summed E-state index contributed by atoms with van der Waals surface area (Å²) in [5.41, 5.74) is -0.922. The van der Waals surface area contributed by atoms with E-state index in [1.54, 1.807) is 25.6 Å². The number of cyclic esters (lactones) is 1. The third-order valence-corrected chi connectivity index (χ3v) is 6.00. The van der Waals surface area contributed by atoms with Crippen LogP contribution in [0.4, 0.5) is 0 Å². The fourth-order valence-electron chi connectivity index (χ4n) is 1.97. The zero-order chi connectivity index (χ0) is 21.4. The van der Waals surface area contributed by atoms with E-state index in [2.05, 4.69) is 0 Å². The second-order valence-electron chi connectivity index (χ2n) is 8.11. The third kappa shape index (κ3) is 7.62. The summed E-state index contributed by atoms with van der Waals surface area (Å²) >= 11 is 1.76. The zero-order valence-corrected chi connectivity index (χ0v) is 18.7. The molecular formula is C20H34O7S. The molecule has 0 aromatic rings. The Balaban J connectivity index is 0.000000280. The first-order valence-electron chi connectivity index (χ1n) is 9.81. The summed E-state index contributed by atoms with van der Waals surface area (Å²) in [6.45, 7) is 12.3. The summed E-state index contributed by atoms with van der Waals surface area (Å²) in [7, 11) is 0. The topological polar surface area (TPSA) is 88.1 Å². The van der Waals surface area contributed by atoms with Crippen molar-refractivity contribution in [2.45, 2.75) is 73.2 Å². The van der Waals surface area contributed by atoms with Crippen molar-refractivity contribution in [3.05, 3.63) is 0 Å².